The highest BCUT2D eigenvalue weighted by atomic mass is 16.5. The molecule has 1 heteroatoms. The van der Waals surface area contributed by atoms with Gasteiger partial charge >= 0.3 is 0 Å². The molecule has 1 spiro atoms. The predicted molar refractivity (Wildman–Crippen MR) is 106 cm³/mol. The Labute approximate surface area is 154 Å². The minimum absolute atomic E-state index is 0.351. The largest absolute Gasteiger partial charge is 0.493 e. The molecule has 1 unspecified atom stereocenters. The lowest BCUT2D eigenvalue weighted by Crippen LogP contribution is -2.33. The van der Waals surface area contributed by atoms with Crippen molar-refractivity contribution in [2.24, 2.45) is 11.3 Å². The van der Waals surface area contributed by atoms with Gasteiger partial charge in [-0.15, -0.1) is 5.92 Å². The Morgan fingerprint density at radius 1 is 1.08 bits per heavy atom. The van der Waals surface area contributed by atoms with Crippen LogP contribution in [0.15, 0.2) is 24.3 Å². The normalized spacial score (nSPS) is 23.5. The molecule has 0 aromatic heterocycles. The van der Waals surface area contributed by atoms with Crippen molar-refractivity contribution >= 4 is 0 Å². The summed E-state index contributed by atoms with van der Waals surface area (Å²) in [6, 6.07) is 8.65. The molecule has 0 saturated heterocycles. The van der Waals surface area contributed by atoms with Crippen molar-refractivity contribution in [2.75, 3.05) is 6.61 Å². The first-order chi connectivity index (χ1) is 12.2. The molecule has 3 rings (SSSR count). The van der Waals surface area contributed by atoms with Crippen LogP contribution in [0, 0.1) is 23.2 Å². The van der Waals surface area contributed by atoms with Gasteiger partial charge in [-0.2, -0.15) is 0 Å². The maximum absolute atomic E-state index is 6.17. The predicted octanol–water partition coefficient (Wildman–Crippen LogP) is 6.72. The third kappa shape index (κ3) is 4.81. The van der Waals surface area contributed by atoms with E-state index in [0.29, 0.717) is 11.3 Å². The van der Waals surface area contributed by atoms with Crippen molar-refractivity contribution < 1.29 is 4.74 Å². The van der Waals surface area contributed by atoms with Crippen LogP contribution < -0.4 is 4.74 Å². The Morgan fingerprint density at radius 2 is 1.80 bits per heavy atom. The second-order valence-electron chi connectivity index (χ2n) is 8.26. The molecule has 25 heavy (non-hydrogen) atoms. The topological polar surface area (TPSA) is 9.23 Å². The molecule has 0 heterocycles. The van der Waals surface area contributed by atoms with E-state index < -0.39 is 0 Å². The van der Waals surface area contributed by atoms with E-state index in [-0.39, 0.29) is 0 Å². The maximum atomic E-state index is 6.17. The van der Waals surface area contributed by atoms with Crippen molar-refractivity contribution in [3.8, 4) is 17.6 Å². The highest BCUT2D eigenvalue weighted by molar-refractivity contribution is 5.33. The molecule has 2 fully saturated rings. The Bertz CT molecular complexity index is 577. The van der Waals surface area contributed by atoms with Crippen LogP contribution in [0.25, 0.3) is 0 Å². The zero-order valence-corrected chi connectivity index (χ0v) is 16.2. The fraction of sp³-hybridized carbons (Fsp3) is 0.667. The van der Waals surface area contributed by atoms with Crippen LogP contribution in [0.4, 0.5) is 0 Å². The number of hydrogen-bond donors (Lipinski definition) is 0. The van der Waals surface area contributed by atoms with Crippen LogP contribution in [0.1, 0.15) is 89.5 Å². The van der Waals surface area contributed by atoms with E-state index in [1.165, 1.54) is 63.4 Å². The minimum Gasteiger partial charge on any atom is -0.493 e. The molecule has 2 saturated carbocycles. The van der Waals surface area contributed by atoms with Crippen molar-refractivity contribution in [3.05, 3.63) is 29.8 Å². The fourth-order valence-electron chi connectivity index (χ4n) is 5.09. The molecule has 2 aliphatic carbocycles. The highest BCUT2D eigenvalue weighted by Gasteiger charge is 2.37. The molecule has 2 atom stereocenters. The van der Waals surface area contributed by atoms with Gasteiger partial charge in [0.2, 0.25) is 0 Å². The first kappa shape index (κ1) is 18.4. The van der Waals surface area contributed by atoms with Gasteiger partial charge < -0.3 is 4.74 Å². The molecule has 1 aromatic rings. The summed E-state index contributed by atoms with van der Waals surface area (Å²) in [4.78, 5) is 0. The molecule has 0 aliphatic heterocycles. The molecule has 1 aromatic carbocycles. The molecule has 0 amide bonds. The fourth-order valence-corrected chi connectivity index (χ4v) is 5.09. The third-order valence-corrected chi connectivity index (χ3v) is 6.45. The Hall–Kier alpha value is -1.42. The van der Waals surface area contributed by atoms with Gasteiger partial charge in [-0.05, 0) is 74.5 Å². The van der Waals surface area contributed by atoms with Gasteiger partial charge in [0.1, 0.15) is 5.75 Å². The molecule has 1 nitrogen and oxygen atoms in total. The SMILES string of the molecule is CC#C[C@@H](CC)c1ccc(OCC2CCCC3(CCCCC3)C2)cc1. The lowest BCUT2D eigenvalue weighted by Gasteiger charge is -2.43. The second kappa shape index (κ2) is 8.79. The molecule has 0 N–H and O–H groups in total. The Kier molecular flexibility index (Phi) is 6.46. The lowest BCUT2D eigenvalue weighted by molar-refractivity contribution is 0.0658. The zero-order chi connectivity index (χ0) is 17.5. The lowest BCUT2D eigenvalue weighted by atomic mass is 9.63. The quantitative estimate of drug-likeness (QED) is 0.541. The Balaban J connectivity index is 1.53. The monoisotopic (exact) mass is 338 g/mol. The molecule has 0 bridgehead atoms. The highest BCUT2D eigenvalue weighted by Crippen LogP contribution is 2.49. The number of rotatable bonds is 5. The molecular weight excluding hydrogens is 304 g/mol. The van der Waals surface area contributed by atoms with Gasteiger partial charge in [-0.25, -0.2) is 0 Å². The van der Waals surface area contributed by atoms with Crippen molar-refractivity contribution in [1.82, 2.24) is 0 Å². The van der Waals surface area contributed by atoms with Gasteiger partial charge in [0.05, 0.1) is 6.61 Å². The standard InChI is InChI=1S/C24H34O/c1-3-9-21(4-2)22-11-13-23(14-12-22)25-19-20-10-8-17-24(18-20)15-6-5-7-16-24/h11-14,20-21H,4-8,10,15-19H2,1-2H3/t20?,21-/m1/s1. The Morgan fingerprint density at radius 3 is 2.48 bits per heavy atom. The summed E-state index contributed by atoms with van der Waals surface area (Å²) < 4.78 is 6.17. The van der Waals surface area contributed by atoms with E-state index in [1.54, 1.807) is 0 Å². The third-order valence-electron chi connectivity index (χ3n) is 6.45. The maximum Gasteiger partial charge on any atom is 0.119 e. The van der Waals surface area contributed by atoms with Crippen molar-refractivity contribution in [3.63, 3.8) is 0 Å². The summed E-state index contributed by atoms with van der Waals surface area (Å²) >= 11 is 0. The summed E-state index contributed by atoms with van der Waals surface area (Å²) in [6.45, 7) is 5.01. The smallest absolute Gasteiger partial charge is 0.119 e. The van der Waals surface area contributed by atoms with E-state index >= 15 is 0 Å². The summed E-state index contributed by atoms with van der Waals surface area (Å²) in [7, 11) is 0. The van der Waals surface area contributed by atoms with E-state index in [0.717, 1.165) is 24.7 Å². The minimum atomic E-state index is 0.351. The van der Waals surface area contributed by atoms with E-state index in [2.05, 4.69) is 43.0 Å². The van der Waals surface area contributed by atoms with Crippen LogP contribution in [-0.4, -0.2) is 6.61 Å². The second-order valence-corrected chi connectivity index (χ2v) is 8.26. The van der Waals surface area contributed by atoms with Crippen LogP contribution >= 0.6 is 0 Å². The van der Waals surface area contributed by atoms with Crippen LogP contribution in [0.3, 0.4) is 0 Å². The van der Waals surface area contributed by atoms with E-state index in [1.807, 2.05) is 6.92 Å². The molecule has 2 aliphatic rings. The zero-order valence-electron chi connectivity index (χ0n) is 16.2. The van der Waals surface area contributed by atoms with Crippen LogP contribution in [-0.2, 0) is 0 Å². The first-order valence-corrected chi connectivity index (χ1v) is 10.4. The van der Waals surface area contributed by atoms with Gasteiger partial charge in [-0.1, -0.05) is 50.7 Å². The van der Waals surface area contributed by atoms with Gasteiger partial charge in [-0.3, -0.25) is 0 Å². The molecular formula is C24H34O. The summed E-state index contributed by atoms with van der Waals surface area (Å²) in [5, 5.41) is 0. The van der Waals surface area contributed by atoms with Gasteiger partial charge in [0, 0.05) is 5.92 Å². The van der Waals surface area contributed by atoms with E-state index in [9.17, 15) is 0 Å². The van der Waals surface area contributed by atoms with E-state index in [4.69, 9.17) is 4.74 Å². The first-order valence-electron chi connectivity index (χ1n) is 10.4. The van der Waals surface area contributed by atoms with Gasteiger partial charge in [0.15, 0.2) is 0 Å². The number of hydrogen-bond acceptors (Lipinski definition) is 1. The summed E-state index contributed by atoms with van der Waals surface area (Å²) in [6.07, 6.45) is 14.0. The van der Waals surface area contributed by atoms with Crippen molar-refractivity contribution in [1.29, 1.82) is 0 Å². The van der Waals surface area contributed by atoms with Gasteiger partial charge in [0.25, 0.3) is 0 Å². The summed E-state index contributed by atoms with van der Waals surface area (Å²) in [5.74, 6) is 8.46. The molecule has 0 radical (unpaired) electrons. The summed E-state index contributed by atoms with van der Waals surface area (Å²) in [5.41, 5.74) is 1.98. The van der Waals surface area contributed by atoms with Crippen molar-refractivity contribution in [2.45, 2.75) is 84.0 Å². The van der Waals surface area contributed by atoms with Crippen LogP contribution in [0.2, 0.25) is 0 Å². The number of benzene rings is 1. The number of ether oxygens (including phenoxy) is 1. The molecule has 136 valence electrons. The van der Waals surface area contributed by atoms with Crippen LogP contribution in [0.5, 0.6) is 5.75 Å². The average Bonchev–Trinajstić information content (AvgIpc) is 2.66. The average molecular weight is 339 g/mol.